The Balaban J connectivity index is 2.01. The molecule has 1 aromatic heterocycles. The van der Waals surface area contributed by atoms with Crippen LogP contribution in [0.15, 0.2) is 21.9 Å². The number of β-amino-alcohol motifs (C(OH)–C–C–N with tert-alkyl or cyclic N) is 1. The van der Waals surface area contributed by atoms with Crippen LogP contribution in [0.4, 0.5) is 0 Å². The fourth-order valence-corrected chi connectivity index (χ4v) is 1.88. The molecule has 98 valence electrons. The predicted molar refractivity (Wildman–Crippen MR) is 63.1 cm³/mol. The number of aromatic nitrogens is 2. The summed E-state index contributed by atoms with van der Waals surface area (Å²) in [5, 5.41) is 9.79. The van der Waals surface area contributed by atoms with E-state index in [-0.39, 0.29) is 12.5 Å². The second-order valence-corrected chi connectivity index (χ2v) is 4.57. The van der Waals surface area contributed by atoms with Crippen LogP contribution in [0.1, 0.15) is 13.3 Å². The van der Waals surface area contributed by atoms with Gasteiger partial charge in [-0.2, -0.15) is 0 Å². The van der Waals surface area contributed by atoms with Gasteiger partial charge in [-0.3, -0.25) is 19.1 Å². The highest BCUT2D eigenvalue weighted by Crippen LogP contribution is 2.23. The highest BCUT2D eigenvalue weighted by Gasteiger charge is 2.41. The molecule has 0 spiro atoms. The summed E-state index contributed by atoms with van der Waals surface area (Å²) in [5.74, 6) is -0.248. The van der Waals surface area contributed by atoms with Gasteiger partial charge in [-0.15, -0.1) is 0 Å². The number of carbonyl (C=O) groups is 1. The minimum Gasteiger partial charge on any atom is -0.386 e. The number of aromatic amines is 1. The lowest BCUT2D eigenvalue weighted by Gasteiger charge is -2.46. The van der Waals surface area contributed by atoms with Crippen molar-refractivity contribution in [2.45, 2.75) is 25.5 Å². The first-order valence-corrected chi connectivity index (χ1v) is 5.73. The average molecular weight is 253 g/mol. The second kappa shape index (κ2) is 4.41. The van der Waals surface area contributed by atoms with E-state index < -0.39 is 16.9 Å². The standard InChI is InChI=1S/C11H15N3O4/c1-2-11(18)6-14(7-11)9(16)5-13-4-3-8(15)12-10(13)17/h3-4,18H,2,5-7H2,1H3,(H,12,15,17). The molecule has 0 radical (unpaired) electrons. The lowest BCUT2D eigenvalue weighted by atomic mass is 9.91. The van der Waals surface area contributed by atoms with Crippen LogP contribution in [0, 0.1) is 0 Å². The van der Waals surface area contributed by atoms with Crippen molar-refractivity contribution >= 4 is 5.91 Å². The molecule has 0 atom stereocenters. The van der Waals surface area contributed by atoms with Crippen molar-refractivity contribution in [3.05, 3.63) is 33.1 Å². The molecule has 1 aliphatic heterocycles. The number of nitrogens with zero attached hydrogens (tertiary/aromatic N) is 2. The fourth-order valence-electron chi connectivity index (χ4n) is 1.88. The van der Waals surface area contributed by atoms with Gasteiger partial charge in [0.1, 0.15) is 6.54 Å². The van der Waals surface area contributed by atoms with Crippen LogP contribution in [-0.4, -0.2) is 44.2 Å². The van der Waals surface area contributed by atoms with Gasteiger partial charge in [-0.25, -0.2) is 4.79 Å². The predicted octanol–water partition coefficient (Wildman–Crippen LogP) is -1.48. The smallest absolute Gasteiger partial charge is 0.328 e. The molecule has 7 nitrogen and oxygen atoms in total. The zero-order chi connectivity index (χ0) is 13.3. The molecule has 1 amide bonds. The molecular formula is C11H15N3O4. The number of rotatable bonds is 3. The van der Waals surface area contributed by atoms with Gasteiger partial charge >= 0.3 is 5.69 Å². The number of hydrogen-bond donors (Lipinski definition) is 2. The number of amides is 1. The third-order valence-electron chi connectivity index (χ3n) is 3.18. The maximum Gasteiger partial charge on any atom is 0.328 e. The molecule has 1 fully saturated rings. The third kappa shape index (κ3) is 2.35. The van der Waals surface area contributed by atoms with Gasteiger partial charge in [0.2, 0.25) is 5.91 Å². The van der Waals surface area contributed by atoms with Gasteiger partial charge in [0, 0.05) is 12.3 Å². The minimum absolute atomic E-state index is 0.130. The van der Waals surface area contributed by atoms with E-state index in [1.54, 1.807) is 0 Å². The second-order valence-electron chi connectivity index (χ2n) is 4.57. The van der Waals surface area contributed by atoms with Crippen LogP contribution in [0.3, 0.4) is 0 Å². The molecule has 0 aromatic carbocycles. The Morgan fingerprint density at radius 1 is 1.50 bits per heavy atom. The monoisotopic (exact) mass is 253 g/mol. The Bertz CT molecular complexity index is 568. The minimum atomic E-state index is -0.786. The van der Waals surface area contributed by atoms with Crippen molar-refractivity contribution in [2.75, 3.05) is 13.1 Å². The SMILES string of the molecule is CCC1(O)CN(C(=O)Cn2ccc(=O)[nH]c2=O)C1. The summed E-state index contributed by atoms with van der Waals surface area (Å²) in [7, 11) is 0. The van der Waals surface area contributed by atoms with Crippen molar-refractivity contribution in [1.82, 2.24) is 14.5 Å². The van der Waals surface area contributed by atoms with E-state index in [9.17, 15) is 19.5 Å². The lowest BCUT2D eigenvalue weighted by molar-refractivity contribution is -0.156. The summed E-state index contributed by atoms with van der Waals surface area (Å²) in [6, 6.07) is 1.19. The quantitative estimate of drug-likeness (QED) is 0.686. The molecule has 2 N–H and O–H groups in total. The van der Waals surface area contributed by atoms with Gasteiger partial charge in [0.15, 0.2) is 0 Å². The summed E-state index contributed by atoms with van der Waals surface area (Å²) >= 11 is 0. The van der Waals surface area contributed by atoms with Gasteiger partial charge in [0.25, 0.3) is 5.56 Å². The van der Waals surface area contributed by atoms with E-state index in [0.717, 1.165) is 4.57 Å². The number of carbonyl (C=O) groups excluding carboxylic acids is 1. The van der Waals surface area contributed by atoms with Crippen molar-refractivity contribution in [3.8, 4) is 0 Å². The summed E-state index contributed by atoms with van der Waals surface area (Å²) in [4.78, 5) is 37.6. The molecule has 0 aliphatic carbocycles. The topological polar surface area (TPSA) is 95.4 Å². The highest BCUT2D eigenvalue weighted by atomic mass is 16.3. The first kappa shape index (κ1) is 12.6. The number of aliphatic hydroxyl groups is 1. The van der Waals surface area contributed by atoms with Gasteiger partial charge in [-0.1, -0.05) is 6.92 Å². The van der Waals surface area contributed by atoms with E-state index in [1.807, 2.05) is 6.92 Å². The van der Waals surface area contributed by atoms with Crippen LogP contribution in [0.25, 0.3) is 0 Å². The fraction of sp³-hybridized carbons (Fsp3) is 0.545. The normalized spacial score (nSPS) is 17.3. The van der Waals surface area contributed by atoms with Crippen molar-refractivity contribution in [2.24, 2.45) is 0 Å². The lowest BCUT2D eigenvalue weighted by Crippen LogP contribution is -2.63. The number of nitrogens with one attached hydrogen (secondary N) is 1. The van der Waals surface area contributed by atoms with Crippen LogP contribution in [0.2, 0.25) is 0 Å². The Morgan fingerprint density at radius 2 is 2.17 bits per heavy atom. The van der Waals surface area contributed by atoms with Crippen molar-refractivity contribution < 1.29 is 9.90 Å². The molecule has 2 heterocycles. The summed E-state index contributed by atoms with van der Waals surface area (Å²) in [5.41, 5.74) is -1.89. The molecule has 0 unspecified atom stereocenters. The summed E-state index contributed by atoms with van der Waals surface area (Å²) in [6.45, 7) is 2.31. The Hall–Kier alpha value is -1.89. The van der Waals surface area contributed by atoms with Crippen molar-refractivity contribution in [3.63, 3.8) is 0 Å². The molecular weight excluding hydrogens is 238 g/mol. The van der Waals surface area contributed by atoms with Crippen LogP contribution in [0.5, 0.6) is 0 Å². The Morgan fingerprint density at radius 3 is 2.72 bits per heavy atom. The van der Waals surface area contributed by atoms with Crippen LogP contribution in [-0.2, 0) is 11.3 Å². The average Bonchev–Trinajstić information content (AvgIpc) is 2.28. The molecule has 1 aromatic rings. The number of likely N-dealkylation sites (tertiary alicyclic amines) is 1. The first-order valence-electron chi connectivity index (χ1n) is 5.73. The van der Waals surface area contributed by atoms with Gasteiger partial charge < -0.3 is 10.0 Å². The number of H-pyrrole nitrogens is 1. The summed E-state index contributed by atoms with van der Waals surface area (Å²) in [6.07, 6.45) is 1.88. The molecule has 18 heavy (non-hydrogen) atoms. The molecule has 2 rings (SSSR count). The molecule has 1 saturated heterocycles. The molecule has 1 aliphatic rings. The largest absolute Gasteiger partial charge is 0.386 e. The molecule has 0 bridgehead atoms. The van der Waals surface area contributed by atoms with E-state index >= 15 is 0 Å². The first-order chi connectivity index (χ1) is 8.43. The zero-order valence-electron chi connectivity index (χ0n) is 10.0. The Kier molecular flexibility index (Phi) is 3.08. The van der Waals surface area contributed by atoms with E-state index in [0.29, 0.717) is 19.5 Å². The zero-order valence-corrected chi connectivity index (χ0v) is 10.0. The van der Waals surface area contributed by atoms with E-state index in [2.05, 4.69) is 4.98 Å². The third-order valence-corrected chi connectivity index (χ3v) is 3.18. The highest BCUT2D eigenvalue weighted by molar-refractivity contribution is 5.77. The maximum absolute atomic E-state index is 11.8. The van der Waals surface area contributed by atoms with Crippen LogP contribution < -0.4 is 11.2 Å². The molecule has 7 heteroatoms. The maximum atomic E-state index is 11.8. The van der Waals surface area contributed by atoms with Gasteiger partial charge in [-0.05, 0) is 6.42 Å². The van der Waals surface area contributed by atoms with E-state index in [1.165, 1.54) is 17.2 Å². The Labute approximate surface area is 103 Å². The van der Waals surface area contributed by atoms with Crippen LogP contribution >= 0.6 is 0 Å². The van der Waals surface area contributed by atoms with Gasteiger partial charge in [0.05, 0.1) is 18.7 Å². The molecule has 0 saturated carbocycles. The van der Waals surface area contributed by atoms with E-state index in [4.69, 9.17) is 0 Å². The summed E-state index contributed by atoms with van der Waals surface area (Å²) < 4.78 is 1.13. The number of hydrogen-bond acceptors (Lipinski definition) is 4. The van der Waals surface area contributed by atoms with Crippen molar-refractivity contribution in [1.29, 1.82) is 0 Å².